The summed E-state index contributed by atoms with van der Waals surface area (Å²) in [4.78, 5) is 0. The van der Waals surface area contributed by atoms with E-state index in [-0.39, 0.29) is 5.82 Å². The molecular weight excluding hydrogens is 330 g/mol. The number of rotatable bonds is 8. The molecule has 1 rings (SSSR count). The van der Waals surface area contributed by atoms with Gasteiger partial charge in [0.2, 0.25) is 0 Å². The van der Waals surface area contributed by atoms with Crippen LogP contribution < -0.4 is 10.6 Å². The van der Waals surface area contributed by atoms with E-state index in [2.05, 4.69) is 40.1 Å². The van der Waals surface area contributed by atoms with Gasteiger partial charge in [-0.15, -0.1) is 0 Å². The SMILES string of the molecule is CCCNCCCNCc1ccc(F)cc1I. The van der Waals surface area contributed by atoms with Crippen LogP contribution in [-0.2, 0) is 6.54 Å². The Morgan fingerprint density at radius 1 is 1.18 bits per heavy atom. The molecule has 0 bridgehead atoms. The van der Waals surface area contributed by atoms with Gasteiger partial charge in [0.15, 0.2) is 0 Å². The summed E-state index contributed by atoms with van der Waals surface area (Å²) in [6, 6.07) is 4.93. The molecule has 1 aromatic carbocycles. The molecule has 0 aliphatic carbocycles. The fraction of sp³-hybridized carbons (Fsp3) is 0.538. The van der Waals surface area contributed by atoms with Gasteiger partial charge in [-0.2, -0.15) is 0 Å². The first-order chi connectivity index (χ1) is 8.24. The lowest BCUT2D eigenvalue weighted by molar-refractivity contribution is 0.590. The van der Waals surface area contributed by atoms with E-state index >= 15 is 0 Å². The number of hydrogen-bond acceptors (Lipinski definition) is 2. The van der Waals surface area contributed by atoms with Gasteiger partial charge in [-0.1, -0.05) is 13.0 Å². The van der Waals surface area contributed by atoms with Crippen LogP contribution in [0.15, 0.2) is 18.2 Å². The van der Waals surface area contributed by atoms with Crippen LogP contribution in [0.1, 0.15) is 25.3 Å². The zero-order chi connectivity index (χ0) is 12.5. The maximum Gasteiger partial charge on any atom is 0.124 e. The Balaban J connectivity index is 2.14. The molecule has 1 aromatic rings. The Kier molecular flexibility index (Phi) is 7.72. The van der Waals surface area contributed by atoms with Gasteiger partial charge in [-0.05, 0) is 72.8 Å². The third-order valence-corrected chi connectivity index (χ3v) is 3.47. The Labute approximate surface area is 117 Å². The third kappa shape index (κ3) is 6.33. The van der Waals surface area contributed by atoms with E-state index < -0.39 is 0 Å². The average Bonchev–Trinajstić information content (AvgIpc) is 2.30. The van der Waals surface area contributed by atoms with Crippen molar-refractivity contribution in [3.05, 3.63) is 33.1 Å². The smallest absolute Gasteiger partial charge is 0.124 e. The monoisotopic (exact) mass is 350 g/mol. The second kappa shape index (κ2) is 8.83. The lowest BCUT2D eigenvalue weighted by atomic mass is 10.2. The van der Waals surface area contributed by atoms with Gasteiger partial charge < -0.3 is 10.6 Å². The fourth-order valence-corrected chi connectivity index (χ4v) is 2.20. The molecule has 17 heavy (non-hydrogen) atoms. The summed E-state index contributed by atoms with van der Waals surface area (Å²) in [6.45, 7) is 6.12. The molecule has 0 saturated heterocycles. The summed E-state index contributed by atoms with van der Waals surface area (Å²) in [5.41, 5.74) is 1.16. The summed E-state index contributed by atoms with van der Waals surface area (Å²) < 4.78 is 13.9. The summed E-state index contributed by atoms with van der Waals surface area (Å²) in [7, 11) is 0. The van der Waals surface area contributed by atoms with Gasteiger partial charge in [-0.25, -0.2) is 4.39 Å². The van der Waals surface area contributed by atoms with Crippen LogP contribution in [0, 0.1) is 9.39 Å². The van der Waals surface area contributed by atoms with Crippen LogP contribution in [0.2, 0.25) is 0 Å². The number of hydrogen-bond donors (Lipinski definition) is 2. The predicted molar refractivity (Wildman–Crippen MR) is 78.6 cm³/mol. The van der Waals surface area contributed by atoms with Crippen molar-refractivity contribution in [1.29, 1.82) is 0 Å². The molecule has 96 valence electrons. The van der Waals surface area contributed by atoms with E-state index in [9.17, 15) is 4.39 Å². The third-order valence-electron chi connectivity index (χ3n) is 2.46. The Morgan fingerprint density at radius 2 is 1.94 bits per heavy atom. The van der Waals surface area contributed by atoms with E-state index in [0.29, 0.717) is 0 Å². The predicted octanol–water partition coefficient (Wildman–Crippen LogP) is 2.91. The molecule has 0 fully saturated rings. The fourth-order valence-electron chi connectivity index (χ4n) is 1.53. The minimum Gasteiger partial charge on any atom is -0.317 e. The minimum atomic E-state index is -0.165. The van der Waals surface area contributed by atoms with E-state index in [4.69, 9.17) is 0 Å². The van der Waals surface area contributed by atoms with Crippen molar-refractivity contribution in [3.63, 3.8) is 0 Å². The van der Waals surface area contributed by atoms with Gasteiger partial charge in [-0.3, -0.25) is 0 Å². The van der Waals surface area contributed by atoms with Crippen LogP contribution in [0.4, 0.5) is 4.39 Å². The maximum atomic E-state index is 12.9. The Morgan fingerprint density at radius 3 is 2.65 bits per heavy atom. The summed E-state index contributed by atoms with van der Waals surface area (Å²) in [6.07, 6.45) is 2.30. The molecule has 0 aliphatic rings. The maximum absolute atomic E-state index is 12.9. The Hall–Kier alpha value is -0.200. The zero-order valence-corrected chi connectivity index (χ0v) is 12.4. The lowest BCUT2D eigenvalue weighted by Gasteiger charge is -2.07. The highest BCUT2D eigenvalue weighted by Crippen LogP contribution is 2.13. The highest BCUT2D eigenvalue weighted by atomic mass is 127. The molecule has 4 heteroatoms. The quantitative estimate of drug-likeness (QED) is 0.557. The molecule has 0 atom stereocenters. The highest BCUT2D eigenvalue weighted by Gasteiger charge is 2.00. The molecule has 0 radical (unpaired) electrons. The molecule has 2 nitrogen and oxygen atoms in total. The van der Waals surface area contributed by atoms with E-state index in [0.717, 1.165) is 41.7 Å². The van der Waals surface area contributed by atoms with E-state index in [1.54, 1.807) is 6.07 Å². The lowest BCUT2D eigenvalue weighted by Crippen LogP contribution is -2.22. The highest BCUT2D eigenvalue weighted by molar-refractivity contribution is 14.1. The van der Waals surface area contributed by atoms with Gasteiger partial charge in [0.05, 0.1) is 0 Å². The van der Waals surface area contributed by atoms with Crippen LogP contribution in [0.3, 0.4) is 0 Å². The normalized spacial score (nSPS) is 10.8. The van der Waals surface area contributed by atoms with Crippen LogP contribution in [0.25, 0.3) is 0 Å². The van der Waals surface area contributed by atoms with Gasteiger partial charge >= 0.3 is 0 Å². The van der Waals surface area contributed by atoms with Crippen molar-refractivity contribution >= 4 is 22.6 Å². The van der Waals surface area contributed by atoms with Crippen LogP contribution >= 0.6 is 22.6 Å². The average molecular weight is 350 g/mol. The molecule has 0 spiro atoms. The van der Waals surface area contributed by atoms with E-state index in [1.165, 1.54) is 12.5 Å². The molecule has 0 aliphatic heterocycles. The van der Waals surface area contributed by atoms with Crippen LogP contribution in [-0.4, -0.2) is 19.6 Å². The first kappa shape index (κ1) is 14.9. The molecule has 0 heterocycles. The van der Waals surface area contributed by atoms with Crippen molar-refractivity contribution in [2.45, 2.75) is 26.3 Å². The molecular formula is C13H20FIN2. The number of benzene rings is 1. The largest absolute Gasteiger partial charge is 0.317 e. The Bertz CT molecular complexity index is 331. The van der Waals surface area contributed by atoms with E-state index in [1.807, 2.05) is 6.07 Å². The van der Waals surface area contributed by atoms with Crippen molar-refractivity contribution < 1.29 is 4.39 Å². The van der Waals surface area contributed by atoms with Crippen molar-refractivity contribution in [2.24, 2.45) is 0 Å². The van der Waals surface area contributed by atoms with Crippen LogP contribution in [0.5, 0.6) is 0 Å². The minimum absolute atomic E-state index is 0.165. The molecule has 2 N–H and O–H groups in total. The van der Waals surface area contributed by atoms with Crippen molar-refractivity contribution in [1.82, 2.24) is 10.6 Å². The van der Waals surface area contributed by atoms with Crippen molar-refractivity contribution in [3.8, 4) is 0 Å². The molecule has 0 saturated carbocycles. The number of halogens is 2. The summed E-state index contributed by atoms with van der Waals surface area (Å²) >= 11 is 2.17. The standard InChI is InChI=1S/C13H20FIN2/c1-2-6-16-7-3-8-17-10-11-4-5-12(14)9-13(11)15/h4-5,9,16-17H,2-3,6-8,10H2,1H3. The van der Waals surface area contributed by atoms with Gasteiger partial charge in [0, 0.05) is 10.1 Å². The summed E-state index contributed by atoms with van der Waals surface area (Å²) in [5, 5.41) is 6.73. The topological polar surface area (TPSA) is 24.1 Å². The molecule has 0 amide bonds. The zero-order valence-electron chi connectivity index (χ0n) is 10.2. The second-order valence-electron chi connectivity index (χ2n) is 4.02. The first-order valence-corrected chi connectivity index (χ1v) is 7.17. The van der Waals surface area contributed by atoms with Crippen molar-refractivity contribution in [2.75, 3.05) is 19.6 Å². The summed E-state index contributed by atoms with van der Waals surface area (Å²) in [5.74, 6) is -0.165. The molecule has 0 unspecified atom stereocenters. The first-order valence-electron chi connectivity index (χ1n) is 6.09. The van der Waals surface area contributed by atoms with Gasteiger partial charge in [0.25, 0.3) is 0 Å². The molecule has 0 aromatic heterocycles. The number of nitrogens with one attached hydrogen (secondary N) is 2. The second-order valence-corrected chi connectivity index (χ2v) is 5.18. The van der Waals surface area contributed by atoms with Gasteiger partial charge in [0.1, 0.15) is 5.82 Å².